The summed E-state index contributed by atoms with van der Waals surface area (Å²) in [7, 11) is 0. The summed E-state index contributed by atoms with van der Waals surface area (Å²) in [6.07, 6.45) is 6.93. The first-order valence-corrected chi connectivity index (χ1v) is 7.01. The van der Waals surface area contributed by atoms with Crippen molar-refractivity contribution >= 4 is 0 Å². The van der Waals surface area contributed by atoms with Gasteiger partial charge < -0.3 is 5.11 Å². The fourth-order valence-corrected chi connectivity index (χ4v) is 3.02. The van der Waals surface area contributed by atoms with Crippen LogP contribution in [-0.4, -0.2) is 11.2 Å². The molecule has 0 bridgehead atoms. The van der Waals surface area contributed by atoms with Crippen LogP contribution in [0.15, 0.2) is 30.3 Å². The Morgan fingerprint density at radius 1 is 1.18 bits per heavy atom. The Hall–Kier alpha value is -0.820. The second-order valence-corrected chi connectivity index (χ2v) is 5.44. The number of aliphatic hydroxyl groups is 1. The van der Waals surface area contributed by atoms with Gasteiger partial charge in [0.05, 0.1) is 6.10 Å². The van der Waals surface area contributed by atoms with Crippen molar-refractivity contribution in [3.63, 3.8) is 0 Å². The normalized spacial score (nSPS) is 29.2. The molecule has 1 fully saturated rings. The zero-order chi connectivity index (χ0) is 12.1. The van der Waals surface area contributed by atoms with E-state index in [0.717, 1.165) is 25.2 Å². The highest BCUT2D eigenvalue weighted by atomic mass is 16.3. The van der Waals surface area contributed by atoms with Gasteiger partial charge in [-0.1, -0.05) is 43.7 Å². The lowest BCUT2D eigenvalue weighted by molar-refractivity contribution is 0.0432. The molecule has 1 nitrogen and oxygen atoms in total. The molecule has 1 aromatic rings. The van der Waals surface area contributed by atoms with Gasteiger partial charge in [0, 0.05) is 0 Å². The summed E-state index contributed by atoms with van der Waals surface area (Å²) in [6.45, 7) is 2.27. The van der Waals surface area contributed by atoms with Crippen LogP contribution in [0, 0.1) is 11.8 Å². The second-order valence-electron chi connectivity index (χ2n) is 5.44. The van der Waals surface area contributed by atoms with Crippen molar-refractivity contribution < 1.29 is 5.11 Å². The number of benzene rings is 1. The van der Waals surface area contributed by atoms with E-state index in [4.69, 9.17) is 0 Å². The van der Waals surface area contributed by atoms with E-state index in [9.17, 15) is 5.11 Å². The molecule has 0 aromatic heterocycles. The SMILES string of the molecule is CCC1CCC(O)C(CCc2ccccc2)C1. The number of aliphatic hydroxyl groups excluding tert-OH is 1. The first-order valence-electron chi connectivity index (χ1n) is 7.01. The highest BCUT2D eigenvalue weighted by Gasteiger charge is 2.27. The van der Waals surface area contributed by atoms with Gasteiger partial charge in [-0.25, -0.2) is 0 Å². The quantitative estimate of drug-likeness (QED) is 0.837. The van der Waals surface area contributed by atoms with Crippen molar-refractivity contribution in [3.8, 4) is 0 Å². The zero-order valence-corrected chi connectivity index (χ0v) is 10.8. The Balaban J connectivity index is 1.85. The molecule has 1 aromatic carbocycles. The van der Waals surface area contributed by atoms with Gasteiger partial charge in [0.25, 0.3) is 0 Å². The second kappa shape index (κ2) is 6.20. The molecule has 1 heteroatoms. The van der Waals surface area contributed by atoms with Gasteiger partial charge in [-0.15, -0.1) is 0 Å². The van der Waals surface area contributed by atoms with Gasteiger partial charge in [-0.3, -0.25) is 0 Å². The van der Waals surface area contributed by atoms with E-state index >= 15 is 0 Å². The first kappa shape index (κ1) is 12.6. The molecule has 94 valence electrons. The highest BCUT2D eigenvalue weighted by molar-refractivity contribution is 5.14. The molecular formula is C16H24O. The Morgan fingerprint density at radius 3 is 2.65 bits per heavy atom. The largest absolute Gasteiger partial charge is 0.393 e. The first-order chi connectivity index (χ1) is 8.29. The average Bonchev–Trinajstić information content (AvgIpc) is 2.39. The Morgan fingerprint density at radius 2 is 1.94 bits per heavy atom. The summed E-state index contributed by atoms with van der Waals surface area (Å²) in [6, 6.07) is 10.6. The minimum absolute atomic E-state index is 0.0542. The maximum absolute atomic E-state index is 10.1. The third-order valence-corrected chi connectivity index (χ3v) is 4.27. The van der Waals surface area contributed by atoms with Gasteiger partial charge in [-0.2, -0.15) is 0 Å². The van der Waals surface area contributed by atoms with Crippen molar-refractivity contribution in [1.82, 2.24) is 0 Å². The molecule has 3 unspecified atom stereocenters. The number of rotatable bonds is 4. The van der Waals surface area contributed by atoms with Crippen LogP contribution in [0.25, 0.3) is 0 Å². The fourth-order valence-electron chi connectivity index (χ4n) is 3.02. The van der Waals surface area contributed by atoms with E-state index < -0.39 is 0 Å². The van der Waals surface area contributed by atoms with Crippen LogP contribution in [0.2, 0.25) is 0 Å². The third kappa shape index (κ3) is 3.57. The summed E-state index contributed by atoms with van der Waals surface area (Å²) in [5.41, 5.74) is 1.40. The predicted octanol–water partition coefficient (Wildman–Crippen LogP) is 3.81. The molecule has 17 heavy (non-hydrogen) atoms. The predicted molar refractivity (Wildman–Crippen MR) is 71.9 cm³/mol. The molecule has 1 aliphatic carbocycles. The van der Waals surface area contributed by atoms with E-state index in [2.05, 4.69) is 37.3 Å². The van der Waals surface area contributed by atoms with Gasteiger partial charge >= 0.3 is 0 Å². The maximum atomic E-state index is 10.1. The molecule has 0 amide bonds. The Bertz CT molecular complexity index is 320. The van der Waals surface area contributed by atoms with E-state index in [1.165, 1.54) is 24.8 Å². The minimum atomic E-state index is -0.0542. The smallest absolute Gasteiger partial charge is 0.0568 e. The lowest BCUT2D eigenvalue weighted by Gasteiger charge is -2.33. The van der Waals surface area contributed by atoms with Crippen molar-refractivity contribution in [2.45, 2.75) is 51.6 Å². The van der Waals surface area contributed by atoms with Crippen molar-refractivity contribution in [1.29, 1.82) is 0 Å². The summed E-state index contributed by atoms with van der Waals surface area (Å²) in [5.74, 6) is 1.37. The van der Waals surface area contributed by atoms with Gasteiger partial charge in [-0.05, 0) is 49.5 Å². The number of aryl methyl sites for hydroxylation is 1. The van der Waals surface area contributed by atoms with E-state index in [1.807, 2.05) is 0 Å². The monoisotopic (exact) mass is 232 g/mol. The summed E-state index contributed by atoms with van der Waals surface area (Å²) in [5, 5.41) is 10.1. The topological polar surface area (TPSA) is 20.2 Å². The van der Waals surface area contributed by atoms with Crippen LogP contribution in [0.5, 0.6) is 0 Å². The number of hydrogen-bond donors (Lipinski definition) is 1. The third-order valence-electron chi connectivity index (χ3n) is 4.27. The average molecular weight is 232 g/mol. The lowest BCUT2D eigenvalue weighted by Crippen LogP contribution is -2.29. The summed E-state index contributed by atoms with van der Waals surface area (Å²) < 4.78 is 0. The van der Waals surface area contributed by atoms with Crippen LogP contribution < -0.4 is 0 Å². The summed E-state index contributed by atoms with van der Waals surface area (Å²) >= 11 is 0. The van der Waals surface area contributed by atoms with Gasteiger partial charge in [0.2, 0.25) is 0 Å². The van der Waals surface area contributed by atoms with Gasteiger partial charge in [0.1, 0.15) is 0 Å². The van der Waals surface area contributed by atoms with E-state index in [-0.39, 0.29) is 6.10 Å². The van der Waals surface area contributed by atoms with Crippen LogP contribution >= 0.6 is 0 Å². The standard InChI is InChI=1S/C16H24O/c1-2-13-9-11-16(17)15(12-13)10-8-14-6-4-3-5-7-14/h3-7,13,15-17H,2,8-12H2,1H3. The fraction of sp³-hybridized carbons (Fsp3) is 0.625. The molecule has 1 saturated carbocycles. The van der Waals surface area contributed by atoms with E-state index in [1.54, 1.807) is 0 Å². The Kier molecular flexibility index (Phi) is 4.61. The molecular weight excluding hydrogens is 208 g/mol. The Labute approximate surface area is 105 Å². The highest BCUT2D eigenvalue weighted by Crippen LogP contribution is 2.33. The maximum Gasteiger partial charge on any atom is 0.0568 e. The van der Waals surface area contributed by atoms with Gasteiger partial charge in [0.15, 0.2) is 0 Å². The molecule has 3 atom stereocenters. The molecule has 0 aliphatic heterocycles. The molecule has 1 aliphatic rings. The zero-order valence-electron chi connectivity index (χ0n) is 10.8. The molecule has 1 N–H and O–H groups in total. The van der Waals surface area contributed by atoms with E-state index in [0.29, 0.717) is 5.92 Å². The molecule has 0 heterocycles. The van der Waals surface area contributed by atoms with Crippen molar-refractivity contribution in [2.24, 2.45) is 11.8 Å². The van der Waals surface area contributed by atoms with Crippen LogP contribution in [0.3, 0.4) is 0 Å². The molecule has 0 saturated heterocycles. The molecule has 2 rings (SSSR count). The minimum Gasteiger partial charge on any atom is -0.393 e. The molecule has 0 spiro atoms. The molecule has 0 radical (unpaired) electrons. The lowest BCUT2D eigenvalue weighted by atomic mass is 9.76. The van der Waals surface area contributed by atoms with Crippen LogP contribution in [0.4, 0.5) is 0 Å². The van der Waals surface area contributed by atoms with Crippen molar-refractivity contribution in [2.75, 3.05) is 0 Å². The number of hydrogen-bond acceptors (Lipinski definition) is 1. The van der Waals surface area contributed by atoms with Crippen LogP contribution in [0.1, 0.15) is 44.6 Å². The van der Waals surface area contributed by atoms with Crippen LogP contribution in [-0.2, 0) is 6.42 Å². The van der Waals surface area contributed by atoms with Crippen molar-refractivity contribution in [3.05, 3.63) is 35.9 Å². The summed E-state index contributed by atoms with van der Waals surface area (Å²) in [4.78, 5) is 0.